The van der Waals surface area contributed by atoms with Crippen molar-refractivity contribution in [3.63, 3.8) is 0 Å². The Morgan fingerprint density at radius 3 is 2.47 bits per heavy atom. The predicted molar refractivity (Wildman–Crippen MR) is 71.9 cm³/mol. The fourth-order valence-electron chi connectivity index (χ4n) is 1.35. The second kappa shape index (κ2) is 7.48. The molecule has 0 saturated heterocycles. The van der Waals surface area contributed by atoms with Crippen molar-refractivity contribution in [1.82, 2.24) is 15.6 Å². The van der Waals surface area contributed by atoms with Gasteiger partial charge in [-0.15, -0.1) is 0 Å². The van der Waals surface area contributed by atoms with Gasteiger partial charge in [-0.3, -0.25) is 14.6 Å². The fourth-order valence-corrected chi connectivity index (χ4v) is 1.35. The molecule has 4 N–H and O–H groups in total. The van der Waals surface area contributed by atoms with Gasteiger partial charge in [-0.1, -0.05) is 13.8 Å². The van der Waals surface area contributed by atoms with Gasteiger partial charge < -0.3 is 16.4 Å². The molecule has 0 unspecified atom stereocenters. The SMILES string of the molecule is CC(C)[C@H](N)C(=O)NCC(=O)NCc1ccncc1. The summed E-state index contributed by atoms with van der Waals surface area (Å²) >= 11 is 0. The Kier molecular flexibility index (Phi) is 5.95. The van der Waals surface area contributed by atoms with Crippen LogP contribution in [0.2, 0.25) is 0 Å². The van der Waals surface area contributed by atoms with Crippen molar-refractivity contribution in [2.75, 3.05) is 6.54 Å². The molecule has 19 heavy (non-hydrogen) atoms. The van der Waals surface area contributed by atoms with Crippen LogP contribution < -0.4 is 16.4 Å². The summed E-state index contributed by atoms with van der Waals surface area (Å²) in [5.74, 6) is -0.518. The van der Waals surface area contributed by atoms with E-state index in [2.05, 4.69) is 15.6 Å². The zero-order valence-electron chi connectivity index (χ0n) is 11.2. The van der Waals surface area contributed by atoms with Gasteiger partial charge in [0.2, 0.25) is 11.8 Å². The number of hydrogen-bond donors (Lipinski definition) is 3. The number of aromatic nitrogens is 1. The number of carbonyl (C=O) groups is 2. The van der Waals surface area contributed by atoms with E-state index >= 15 is 0 Å². The Morgan fingerprint density at radius 2 is 1.89 bits per heavy atom. The number of nitrogens with one attached hydrogen (secondary N) is 2. The molecule has 1 aromatic rings. The van der Waals surface area contributed by atoms with E-state index in [1.807, 2.05) is 26.0 Å². The van der Waals surface area contributed by atoms with Gasteiger partial charge in [0, 0.05) is 18.9 Å². The first-order valence-electron chi connectivity index (χ1n) is 6.19. The van der Waals surface area contributed by atoms with Crippen molar-refractivity contribution in [3.8, 4) is 0 Å². The van der Waals surface area contributed by atoms with E-state index < -0.39 is 6.04 Å². The maximum Gasteiger partial charge on any atom is 0.239 e. The summed E-state index contributed by atoms with van der Waals surface area (Å²) in [6, 6.07) is 3.04. The highest BCUT2D eigenvalue weighted by Gasteiger charge is 2.17. The number of carbonyl (C=O) groups excluding carboxylic acids is 2. The maximum absolute atomic E-state index is 11.5. The summed E-state index contributed by atoms with van der Waals surface area (Å²) in [5, 5.41) is 5.21. The lowest BCUT2D eigenvalue weighted by atomic mass is 10.1. The van der Waals surface area contributed by atoms with Crippen LogP contribution in [-0.2, 0) is 16.1 Å². The van der Waals surface area contributed by atoms with Gasteiger partial charge in [-0.05, 0) is 23.6 Å². The average Bonchev–Trinajstić information content (AvgIpc) is 2.42. The number of pyridine rings is 1. The molecule has 0 aromatic carbocycles. The lowest BCUT2D eigenvalue weighted by Gasteiger charge is -2.15. The number of nitrogens with two attached hydrogens (primary N) is 1. The molecule has 0 saturated carbocycles. The monoisotopic (exact) mass is 264 g/mol. The smallest absolute Gasteiger partial charge is 0.239 e. The number of hydrogen-bond acceptors (Lipinski definition) is 4. The normalized spacial score (nSPS) is 12.0. The zero-order chi connectivity index (χ0) is 14.3. The first-order valence-corrected chi connectivity index (χ1v) is 6.19. The predicted octanol–water partition coefficient (Wildman–Crippen LogP) is -0.203. The molecule has 1 rings (SSSR count). The molecule has 0 bridgehead atoms. The Balaban J connectivity index is 2.27. The van der Waals surface area contributed by atoms with Crippen molar-refractivity contribution in [3.05, 3.63) is 30.1 Å². The van der Waals surface area contributed by atoms with Gasteiger partial charge in [0.15, 0.2) is 0 Å². The van der Waals surface area contributed by atoms with Gasteiger partial charge in [0.25, 0.3) is 0 Å². The van der Waals surface area contributed by atoms with Gasteiger partial charge in [-0.25, -0.2) is 0 Å². The number of rotatable bonds is 6. The second-order valence-corrected chi connectivity index (χ2v) is 4.62. The van der Waals surface area contributed by atoms with E-state index in [0.717, 1.165) is 5.56 Å². The number of nitrogens with zero attached hydrogens (tertiary/aromatic N) is 1. The van der Waals surface area contributed by atoms with E-state index in [-0.39, 0.29) is 24.3 Å². The van der Waals surface area contributed by atoms with E-state index in [1.54, 1.807) is 12.4 Å². The first kappa shape index (κ1) is 15.1. The summed E-state index contributed by atoms with van der Waals surface area (Å²) in [4.78, 5) is 27.0. The first-order chi connectivity index (χ1) is 9.00. The lowest BCUT2D eigenvalue weighted by molar-refractivity contribution is -0.127. The minimum absolute atomic E-state index is 0.0416. The third kappa shape index (κ3) is 5.48. The minimum atomic E-state index is -0.590. The molecule has 0 aliphatic carbocycles. The summed E-state index contributed by atoms with van der Waals surface area (Å²) in [7, 11) is 0. The minimum Gasteiger partial charge on any atom is -0.350 e. The van der Waals surface area contributed by atoms with E-state index in [0.29, 0.717) is 6.54 Å². The Labute approximate surface area is 112 Å². The molecule has 0 aliphatic heterocycles. The van der Waals surface area contributed by atoms with Crippen molar-refractivity contribution in [2.24, 2.45) is 11.7 Å². The summed E-state index contributed by atoms with van der Waals surface area (Å²) in [5.41, 5.74) is 6.61. The van der Waals surface area contributed by atoms with Gasteiger partial charge in [0.1, 0.15) is 0 Å². The van der Waals surface area contributed by atoms with Crippen LogP contribution in [0, 0.1) is 5.92 Å². The molecule has 1 atom stereocenters. The van der Waals surface area contributed by atoms with Crippen LogP contribution in [0.3, 0.4) is 0 Å². The highest BCUT2D eigenvalue weighted by atomic mass is 16.2. The molecule has 6 heteroatoms. The quantitative estimate of drug-likeness (QED) is 0.662. The van der Waals surface area contributed by atoms with Crippen LogP contribution in [0.25, 0.3) is 0 Å². The van der Waals surface area contributed by atoms with Gasteiger partial charge in [0.05, 0.1) is 12.6 Å². The lowest BCUT2D eigenvalue weighted by Crippen LogP contribution is -2.47. The topological polar surface area (TPSA) is 97.1 Å². The molecule has 104 valence electrons. The number of amides is 2. The molecular weight excluding hydrogens is 244 g/mol. The third-order valence-electron chi connectivity index (χ3n) is 2.68. The summed E-state index contributed by atoms with van der Waals surface area (Å²) < 4.78 is 0. The molecule has 1 heterocycles. The Morgan fingerprint density at radius 1 is 1.26 bits per heavy atom. The van der Waals surface area contributed by atoms with Crippen molar-refractivity contribution >= 4 is 11.8 Å². The van der Waals surface area contributed by atoms with Crippen LogP contribution in [0.4, 0.5) is 0 Å². The highest BCUT2D eigenvalue weighted by molar-refractivity contribution is 5.87. The van der Waals surface area contributed by atoms with Crippen LogP contribution in [0.5, 0.6) is 0 Å². The molecule has 0 aliphatic rings. The van der Waals surface area contributed by atoms with Crippen LogP contribution >= 0.6 is 0 Å². The second-order valence-electron chi connectivity index (χ2n) is 4.62. The Hall–Kier alpha value is -1.95. The molecule has 6 nitrogen and oxygen atoms in total. The molecule has 0 fully saturated rings. The average molecular weight is 264 g/mol. The van der Waals surface area contributed by atoms with Gasteiger partial charge in [-0.2, -0.15) is 0 Å². The van der Waals surface area contributed by atoms with E-state index in [9.17, 15) is 9.59 Å². The van der Waals surface area contributed by atoms with E-state index in [1.165, 1.54) is 0 Å². The summed E-state index contributed by atoms with van der Waals surface area (Å²) in [6.07, 6.45) is 3.32. The van der Waals surface area contributed by atoms with Crippen LogP contribution in [0.1, 0.15) is 19.4 Å². The summed E-state index contributed by atoms with van der Waals surface area (Å²) in [6.45, 7) is 4.05. The van der Waals surface area contributed by atoms with Gasteiger partial charge >= 0.3 is 0 Å². The van der Waals surface area contributed by atoms with Crippen molar-refractivity contribution in [2.45, 2.75) is 26.4 Å². The highest BCUT2D eigenvalue weighted by Crippen LogP contribution is 1.97. The molecular formula is C13H20N4O2. The molecule has 0 radical (unpaired) electrons. The zero-order valence-corrected chi connectivity index (χ0v) is 11.2. The molecule has 0 spiro atoms. The molecule has 1 aromatic heterocycles. The molecule has 2 amide bonds. The van der Waals surface area contributed by atoms with Crippen molar-refractivity contribution in [1.29, 1.82) is 0 Å². The maximum atomic E-state index is 11.5. The largest absolute Gasteiger partial charge is 0.350 e. The Bertz CT molecular complexity index is 420. The fraction of sp³-hybridized carbons (Fsp3) is 0.462. The van der Waals surface area contributed by atoms with Crippen LogP contribution in [0.15, 0.2) is 24.5 Å². The third-order valence-corrected chi connectivity index (χ3v) is 2.68. The van der Waals surface area contributed by atoms with E-state index in [4.69, 9.17) is 5.73 Å². The van der Waals surface area contributed by atoms with Crippen LogP contribution in [-0.4, -0.2) is 29.4 Å². The van der Waals surface area contributed by atoms with Crippen molar-refractivity contribution < 1.29 is 9.59 Å². The standard InChI is InChI=1S/C13H20N4O2/c1-9(2)12(14)13(19)17-8-11(18)16-7-10-3-5-15-6-4-10/h3-6,9,12H,7-8,14H2,1-2H3,(H,16,18)(H,17,19)/t12-/m0/s1.